The summed E-state index contributed by atoms with van der Waals surface area (Å²) in [6, 6.07) is 3.60. The molecule has 0 aromatic carbocycles. The van der Waals surface area contributed by atoms with Crippen molar-refractivity contribution in [3.05, 3.63) is 54.5 Å². The maximum atomic E-state index is 12.3. The zero-order valence-electron chi connectivity index (χ0n) is 11.0. The lowest BCUT2D eigenvalue weighted by molar-refractivity contribution is 0.103. The summed E-state index contributed by atoms with van der Waals surface area (Å²) >= 11 is 1.38. The van der Waals surface area contributed by atoms with Crippen LogP contribution in [-0.4, -0.2) is 14.9 Å². The van der Waals surface area contributed by atoms with Crippen LogP contribution in [0.25, 0.3) is 0 Å². The molecule has 0 aliphatic rings. The minimum absolute atomic E-state index is 0.0223. The van der Waals surface area contributed by atoms with Gasteiger partial charge in [-0.25, -0.2) is 4.79 Å². The zero-order chi connectivity index (χ0) is 14.2. The van der Waals surface area contributed by atoms with Crippen molar-refractivity contribution in [2.45, 2.75) is 13.3 Å². The highest BCUT2D eigenvalue weighted by molar-refractivity contribution is 7.14. The fourth-order valence-corrected chi connectivity index (χ4v) is 2.69. The lowest BCUT2D eigenvalue weighted by atomic mass is 10.2. The number of carbonyl (C=O) groups excluding carboxylic acids is 1. The standard InChI is InChI=1S/C13H14N2O3S/c1-4-8-5-6-10(19-8)11(16)9-7-14(2)13(18)15(3)12(9)17/h5-7H,4H2,1-3H3. The quantitative estimate of drug-likeness (QED) is 0.785. The number of rotatable bonds is 3. The summed E-state index contributed by atoms with van der Waals surface area (Å²) in [5.74, 6) is -0.332. The van der Waals surface area contributed by atoms with Gasteiger partial charge in [-0.3, -0.25) is 14.2 Å². The predicted molar refractivity (Wildman–Crippen MR) is 74.1 cm³/mol. The van der Waals surface area contributed by atoms with E-state index in [0.717, 1.165) is 15.9 Å². The monoisotopic (exact) mass is 278 g/mol. The van der Waals surface area contributed by atoms with E-state index < -0.39 is 11.2 Å². The second kappa shape index (κ2) is 4.97. The van der Waals surface area contributed by atoms with Crippen LogP contribution in [0.3, 0.4) is 0 Å². The van der Waals surface area contributed by atoms with E-state index in [2.05, 4.69) is 0 Å². The molecule has 6 heteroatoms. The lowest BCUT2D eigenvalue weighted by Gasteiger charge is -2.04. The first-order chi connectivity index (χ1) is 8.95. The van der Waals surface area contributed by atoms with Crippen LogP contribution in [0.1, 0.15) is 27.0 Å². The van der Waals surface area contributed by atoms with Crippen LogP contribution < -0.4 is 11.2 Å². The Balaban J connectivity index is 2.56. The van der Waals surface area contributed by atoms with E-state index >= 15 is 0 Å². The smallest absolute Gasteiger partial charge is 0.303 e. The van der Waals surface area contributed by atoms with Gasteiger partial charge >= 0.3 is 5.69 Å². The average molecular weight is 278 g/mol. The van der Waals surface area contributed by atoms with Crippen molar-refractivity contribution >= 4 is 17.1 Å². The maximum absolute atomic E-state index is 12.3. The first-order valence-corrected chi connectivity index (χ1v) is 6.67. The number of thiophene rings is 1. The second-order valence-electron chi connectivity index (χ2n) is 4.25. The van der Waals surface area contributed by atoms with E-state index in [1.807, 2.05) is 13.0 Å². The molecule has 0 aliphatic carbocycles. The predicted octanol–water partition coefficient (Wildman–Crippen LogP) is 0.939. The van der Waals surface area contributed by atoms with E-state index in [1.165, 1.54) is 36.2 Å². The maximum Gasteiger partial charge on any atom is 0.330 e. The van der Waals surface area contributed by atoms with E-state index in [0.29, 0.717) is 4.88 Å². The van der Waals surface area contributed by atoms with Crippen LogP contribution >= 0.6 is 11.3 Å². The molecule has 0 bridgehead atoms. The summed E-state index contributed by atoms with van der Waals surface area (Å²) in [5.41, 5.74) is -0.976. The summed E-state index contributed by atoms with van der Waals surface area (Å²) in [7, 11) is 2.89. The zero-order valence-corrected chi connectivity index (χ0v) is 11.8. The van der Waals surface area contributed by atoms with Crippen molar-refractivity contribution in [3.8, 4) is 0 Å². The summed E-state index contributed by atoms with van der Waals surface area (Å²) < 4.78 is 2.19. The number of hydrogen-bond donors (Lipinski definition) is 0. The SMILES string of the molecule is CCc1ccc(C(=O)c2cn(C)c(=O)n(C)c2=O)s1. The Labute approximate surface area is 113 Å². The van der Waals surface area contributed by atoms with E-state index in [-0.39, 0.29) is 11.3 Å². The van der Waals surface area contributed by atoms with Crippen LogP contribution in [0.5, 0.6) is 0 Å². The summed E-state index contributed by atoms with van der Waals surface area (Å²) in [6.07, 6.45) is 2.15. The van der Waals surface area contributed by atoms with Gasteiger partial charge in [0.1, 0.15) is 5.56 Å². The molecule has 0 saturated heterocycles. The van der Waals surface area contributed by atoms with Crippen molar-refractivity contribution in [3.63, 3.8) is 0 Å². The molecule has 2 rings (SSSR count). The second-order valence-corrected chi connectivity index (χ2v) is 5.42. The summed E-state index contributed by atoms with van der Waals surface area (Å²) in [5, 5.41) is 0. The molecule has 0 saturated carbocycles. The van der Waals surface area contributed by atoms with Gasteiger partial charge in [0.25, 0.3) is 5.56 Å². The van der Waals surface area contributed by atoms with Crippen LogP contribution in [0, 0.1) is 0 Å². The molecule has 100 valence electrons. The fraction of sp³-hybridized carbons (Fsp3) is 0.308. The minimum Gasteiger partial charge on any atom is -0.303 e. The van der Waals surface area contributed by atoms with Gasteiger partial charge in [0.05, 0.1) is 4.88 Å². The third-order valence-electron chi connectivity index (χ3n) is 2.92. The molecule has 19 heavy (non-hydrogen) atoms. The molecule has 0 unspecified atom stereocenters. The highest BCUT2D eigenvalue weighted by Crippen LogP contribution is 2.19. The third-order valence-corrected chi connectivity index (χ3v) is 4.15. The van der Waals surface area contributed by atoms with Crippen LogP contribution in [0.4, 0.5) is 0 Å². The Bertz CT molecular complexity index is 752. The normalized spacial score (nSPS) is 10.7. The molecule has 0 amide bonds. The minimum atomic E-state index is -0.556. The van der Waals surface area contributed by atoms with Crippen molar-refractivity contribution in [1.29, 1.82) is 0 Å². The summed E-state index contributed by atoms with van der Waals surface area (Å²) in [6.45, 7) is 2.01. The molecule has 0 radical (unpaired) electrons. The number of ketones is 1. The van der Waals surface area contributed by atoms with Gasteiger partial charge in [-0.2, -0.15) is 0 Å². The molecule has 5 nitrogen and oxygen atoms in total. The van der Waals surface area contributed by atoms with E-state index in [1.54, 1.807) is 6.07 Å². The van der Waals surface area contributed by atoms with Gasteiger partial charge in [-0.05, 0) is 18.6 Å². The molecule has 0 N–H and O–H groups in total. The third kappa shape index (κ3) is 2.31. The van der Waals surface area contributed by atoms with Gasteiger partial charge in [-0.1, -0.05) is 6.92 Å². The van der Waals surface area contributed by atoms with Gasteiger partial charge in [-0.15, -0.1) is 11.3 Å². The Hall–Kier alpha value is -1.95. The van der Waals surface area contributed by atoms with Gasteiger partial charge < -0.3 is 4.57 Å². The first-order valence-electron chi connectivity index (χ1n) is 5.85. The number of carbonyl (C=O) groups is 1. The van der Waals surface area contributed by atoms with Crippen LogP contribution in [-0.2, 0) is 20.5 Å². The molecule has 0 fully saturated rings. The summed E-state index contributed by atoms with van der Waals surface area (Å²) in [4.78, 5) is 37.4. The van der Waals surface area contributed by atoms with Crippen LogP contribution in [0.15, 0.2) is 27.9 Å². The number of hydrogen-bond acceptors (Lipinski definition) is 4. The largest absolute Gasteiger partial charge is 0.330 e. The van der Waals surface area contributed by atoms with Crippen molar-refractivity contribution in [2.75, 3.05) is 0 Å². The first kappa shape index (κ1) is 13.5. The average Bonchev–Trinajstić information content (AvgIpc) is 2.88. The molecular weight excluding hydrogens is 264 g/mol. The topological polar surface area (TPSA) is 61.1 Å². The molecule has 2 heterocycles. The van der Waals surface area contributed by atoms with Gasteiger partial charge in [0, 0.05) is 25.2 Å². The molecule has 0 aliphatic heterocycles. The van der Waals surface area contributed by atoms with Crippen molar-refractivity contribution in [2.24, 2.45) is 14.1 Å². The van der Waals surface area contributed by atoms with E-state index in [9.17, 15) is 14.4 Å². The molecular formula is C13H14N2O3S. The Kier molecular flexibility index (Phi) is 3.53. The lowest BCUT2D eigenvalue weighted by Crippen LogP contribution is -2.39. The highest BCUT2D eigenvalue weighted by atomic mass is 32.1. The fourth-order valence-electron chi connectivity index (χ4n) is 1.79. The van der Waals surface area contributed by atoms with Crippen molar-refractivity contribution < 1.29 is 4.79 Å². The van der Waals surface area contributed by atoms with Crippen LogP contribution in [0.2, 0.25) is 0 Å². The Morgan fingerprint density at radius 2 is 1.95 bits per heavy atom. The Morgan fingerprint density at radius 3 is 2.53 bits per heavy atom. The number of nitrogens with zero attached hydrogens (tertiary/aromatic N) is 2. The van der Waals surface area contributed by atoms with Crippen molar-refractivity contribution in [1.82, 2.24) is 9.13 Å². The van der Waals surface area contributed by atoms with Gasteiger partial charge in [0.15, 0.2) is 0 Å². The molecule has 2 aromatic rings. The molecule has 0 atom stereocenters. The number of aromatic nitrogens is 2. The highest BCUT2D eigenvalue weighted by Gasteiger charge is 2.18. The van der Waals surface area contributed by atoms with Gasteiger partial charge in [0.2, 0.25) is 5.78 Å². The Morgan fingerprint density at radius 1 is 1.26 bits per heavy atom. The number of aryl methyl sites for hydroxylation is 2. The molecule has 0 spiro atoms. The van der Waals surface area contributed by atoms with E-state index in [4.69, 9.17) is 0 Å². The molecule has 2 aromatic heterocycles.